The van der Waals surface area contributed by atoms with Crippen LogP contribution in [0, 0.1) is 0 Å². The van der Waals surface area contributed by atoms with Crippen LogP contribution in [0.15, 0.2) is 193 Å². The lowest BCUT2D eigenvalue weighted by atomic mass is 9.95. The second-order valence-corrected chi connectivity index (χ2v) is 17.1. The predicted molar refractivity (Wildman–Crippen MR) is 254 cm³/mol. The molecule has 0 saturated heterocycles. The standard InChI is InChI=1S/C55H31N3OS/c59-55-42-19-5-4-15-36(42)43-29-32(30-44-39-18-8-11-23-48(39)58(55)52(43)44)35-20-12-24-50-51(35)45-31-34(25-28-49(45)60-50)57-47-22-10-7-17-38(47)41-27-26-40-37-16-6-9-21-46(37)56(53(40)54(41)57)33-13-2-1-3-14-33/h1-31H. The molecule has 4 nitrogen and oxygen atoms in total. The summed E-state index contributed by atoms with van der Waals surface area (Å²) in [5.41, 5.74) is 11.3. The maximum atomic E-state index is 14.1. The number of para-hydroxylation sites is 4. The number of benzene rings is 9. The minimum absolute atomic E-state index is 0.0296. The Balaban J connectivity index is 1.09. The van der Waals surface area contributed by atoms with E-state index in [2.05, 4.69) is 173 Å². The molecular formula is C55H31N3OS. The van der Waals surface area contributed by atoms with Crippen molar-refractivity contribution in [3.63, 3.8) is 0 Å². The topological polar surface area (TPSA) is 31.3 Å². The lowest BCUT2D eigenvalue weighted by Gasteiger charge is -2.13. The van der Waals surface area contributed by atoms with Crippen molar-refractivity contribution >= 4 is 113 Å². The first-order valence-corrected chi connectivity index (χ1v) is 21.2. The molecule has 278 valence electrons. The quantitative estimate of drug-likeness (QED) is 0.164. The number of rotatable bonds is 3. The Bertz CT molecular complexity index is 4200. The average molecular weight is 782 g/mol. The van der Waals surface area contributed by atoms with Crippen LogP contribution in [-0.2, 0) is 0 Å². The SMILES string of the molecule is O=c1c2ccccc2c2cc(-c3cccc4sc5ccc(-n6c7ccccc7c7ccc8c9ccccc9n(-c9ccccc9)c8c76)cc5c34)cc3c4ccccc4n1c23. The lowest BCUT2D eigenvalue weighted by molar-refractivity contribution is 1.15. The van der Waals surface area contributed by atoms with Gasteiger partial charge in [-0.3, -0.25) is 9.20 Å². The monoisotopic (exact) mass is 781 g/mol. The first-order chi connectivity index (χ1) is 29.7. The highest BCUT2D eigenvalue weighted by atomic mass is 32.1. The highest BCUT2D eigenvalue weighted by Crippen LogP contribution is 2.46. The van der Waals surface area contributed by atoms with Crippen molar-refractivity contribution in [3.05, 3.63) is 198 Å². The molecule has 14 aromatic rings. The number of hydrogen-bond donors (Lipinski definition) is 0. The Morgan fingerprint density at radius 1 is 0.350 bits per heavy atom. The summed E-state index contributed by atoms with van der Waals surface area (Å²) in [6.45, 7) is 0. The van der Waals surface area contributed by atoms with Crippen LogP contribution in [0.5, 0.6) is 0 Å². The van der Waals surface area contributed by atoms with E-state index in [1.165, 1.54) is 69.3 Å². The van der Waals surface area contributed by atoms with E-state index in [9.17, 15) is 4.79 Å². The van der Waals surface area contributed by atoms with Gasteiger partial charge in [-0.25, -0.2) is 0 Å². The summed E-state index contributed by atoms with van der Waals surface area (Å²) in [7, 11) is 0. The molecule has 0 bridgehead atoms. The Morgan fingerprint density at radius 2 is 0.917 bits per heavy atom. The maximum absolute atomic E-state index is 14.1. The van der Waals surface area contributed by atoms with Crippen molar-refractivity contribution in [1.29, 1.82) is 0 Å². The summed E-state index contributed by atoms with van der Waals surface area (Å²) < 4.78 is 9.37. The molecule has 0 N–H and O–H groups in total. The summed E-state index contributed by atoms with van der Waals surface area (Å²) in [5, 5.41) is 12.4. The largest absolute Gasteiger partial charge is 0.307 e. The van der Waals surface area contributed by atoms with E-state index >= 15 is 0 Å². The summed E-state index contributed by atoms with van der Waals surface area (Å²) in [6, 6.07) is 67.8. The van der Waals surface area contributed by atoms with E-state index in [4.69, 9.17) is 0 Å². The average Bonchev–Trinajstić information content (AvgIpc) is 4.05. The smallest absolute Gasteiger partial charge is 0.263 e. The van der Waals surface area contributed by atoms with Gasteiger partial charge in [-0.1, -0.05) is 115 Å². The Labute approximate surface area is 345 Å². The van der Waals surface area contributed by atoms with Gasteiger partial charge in [0.1, 0.15) is 0 Å². The molecule has 0 saturated carbocycles. The van der Waals surface area contributed by atoms with Crippen molar-refractivity contribution in [1.82, 2.24) is 13.5 Å². The van der Waals surface area contributed by atoms with Crippen LogP contribution in [-0.4, -0.2) is 13.5 Å². The van der Waals surface area contributed by atoms with E-state index in [0.29, 0.717) is 0 Å². The number of nitrogens with zero attached hydrogens (tertiary/aromatic N) is 3. The van der Waals surface area contributed by atoms with Gasteiger partial charge in [-0.05, 0) is 89.3 Å². The second-order valence-electron chi connectivity index (χ2n) is 16.0. The van der Waals surface area contributed by atoms with Crippen molar-refractivity contribution < 1.29 is 0 Å². The van der Waals surface area contributed by atoms with Crippen LogP contribution in [0.25, 0.3) is 124 Å². The van der Waals surface area contributed by atoms with Gasteiger partial charge in [0, 0.05) is 74.6 Å². The molecule has 0 radical (unpaired) electrons. The van der Waals surface area contributed by atoms with Gasteiger partial charge >= 0.3 is 0 Å². The molecule has 0 atom stereocenters. The molecule has 0 aliphatic rings. The third-order valence-electron chi connectivity index (χ3n) is 13.0. The molecule has 0 amide bonds. The third-order valence-corrected chi connectivity index (χ3v) is 14.1. The molecule has 5 aromatic heterocycles. The fourth-order valence-corrected chi connectivity index (χ4v) is 11.6. The molecule has 5 heterocycles. The van der Waals surface area contributed by atoms with Crippen LogP contribution in [0.3, 0.4) is 0 Å². The molecule has 0 aliphatic carbocycles. The van der Waals surface area contributed by atoms with E-state index in [-0.39, 0.29) is 5.56 Å². The van der Waals surface area contributed by atoms with Crippen LogP contribution in [0.4, 0.5) is 0 Å². The molecule has 14 rings (SSSR count). The van der Waals surface area contributed by atoms with Crippen LogP contribution in [0.2, 0.25) is 0 Å². The van der Waals surface area contributed by atoms with Crippen LogP contribution in [0.1, 0.15) is 0 Å². The highest BCUT2D eigenvalue weighted by molar-refractivity contribution is 7.26. The number of thiophene rings is 1. The van der Waals surface area contributed by atoms with Gasteiger partial charge in [-0.2, -0.15) is 0 Å². The number of pyridine rings is 1. The first-order valence-electron chi connectivity index (χ1n) is 20.4. The molecule has 0 aliphatic heterocycles. The maximum Gasteiger partial charge on any atom is 0.263 e. The summed E-state index contributed by atoms with van der Waals surface area (Å²) in [5.74, 6) is 0. The zero-order valence-electron chi connectivity index (χ0n) is 32.1. The molecule has 9 aromatic carbocycles. The molecule has 0 spiro atoms. The van der Waals surface area contributed by atoms with Crippen molar-refractivity contribution in [2.75, 3.05) is 0 Å². The zero-order valence-corrected chi connectivity index (χ0v) is 32.9. The zero-order chi connectivity index (χ0) is 39.2. The number of aromatic nitrogens is 3. The minimum atomic E-state index is 0.0296. The summed E-state index contributed by atoms with van der Waals surface area (Å²) >= 11 is 1.85. The minimum Gasteiger partial charge on any atom is -0.307 e. The van der Waals surface area contributed by atoms with Gasteiger partial charge in [0.2, 0.25) is 0 Å². The molecule has 60 heavy (non-hydrogen) atoms. The number of fused-ring (bicyclic) bond motifs is 15. The lowest BCUT2D eigenvalue weighted by Crippen LogP contribution is -2.12. The fraction of sp³-hybridized carbons (Fsp3) is 0. The fourth-order valence-electron chi connectivity index (χ4n) is 10.5. The normalized spacial score (nSPS) is 12.4. The van der Waals surface area contributed by atoms with Crippen molar-refractivity contribution in [3.8, 4) is 22.5 Å². The van der Waals surface area contributed by atoms with Gasteiger partial charge in [0.05, 0.1) is 33.1 Å². The van der Waals surface area contributed by atoms with Crippen LogP contribution >= 0.6 is 11.3 Å². The van der Waals surface area contributed by atoms with Gasteiger partial charge in [-0.15, -0.1) is 11.3 Å². The van der Waals surface area contributed by atoms with E-state index in [0.717, 1.165) is 54.9 Å². The van der Waals surface area contributed by atoms with Crippen molar-refractivity contribution in [2.45, 2.75) is 0 Å². The van der Waals surface area contributed by atoms with E-state index < -0.39 is 0 Å². The van der Waals surface area contributed by atoms with Gasteiger partial charge < -0.3 is 9.13 Å². The first kappa shape index (κ1) is 32.3. The molecule has 0 fully saturated rings. The number of hydrogen-bond acceptors (Lipinski definition) is 2. The van der Waals surface area contributed by atoms with E-state index in [1.54, 1.807) is 0 Å². The second kappa shape index (κ2) is 11.7. The highest BCUT2D eigenvalue weighted by Gasteiger charge is 2.23. The Kier molecular flexibility index (Phi) is 6.28. The predicted octanol–water partition coefficient (Wildman–Crippen LogP) is 14.4. The van der Waals surface area contributed by atoms with Crippen LogP contribution < -0.4 is 5.56 Å². The van der Waals surface area contributed by atoms with E-state index in [1.807, 2.05) is 40.0 Å². The summed E-state index contributed by atoms with van der Waals surface area (Å²) in [4.78, 5) is 14.1. The Hall–Kier alpha value is -7.73. The Morgan fingerprint density at radius 3 is 1.62 bits per heavy atom. The molecule has 0 unspecified atom stereocenters. The summed E-state index contributed by atoms with van der Waals surface area (Å²) in [6.07, 6.45) is 0. The molecular weight excluding hydrogens is 751 g/mol. The van der Waals surface area contributed by atoms with Gasteiger partial charge in [0.15, 0.2) is 0 Å². The van der Waals surface area contributed by atoms with Gasteiger partial charge in [0.25, 0.3) is 5.56 Å². The van der Waals surface area contributed by atoms with Crippen molar-refractivity contribution in [2.24, 2.45) is 0 Å². The molecule has 5 heteroatoms. The third kappa shape index (κ3) is 4.11.